The fraction of sp³-hybridized carbons (Fsp3) is 0.417. The van der Waals surface area contributed by atoms with Crippen molar-refractivity contribution in [3.05, 3.63) is 70.0 Å². The Kier molecular flexibility index (Phi) is 8.85. The van der Waals surface area contributed by atoms with E-state index in [1.54, 1.807) is 6.07 Å². The van der Waals surface area contributed by atoms with Gasteiger partial charge < -0.3 is 10.2 Å². The molecule has 0 aliphatic carbocycles. The number of hydrogen-bond donors (Lipinski definition) is 1. The second-order valence-corrected chi connectivity index (χ2v) is 8.36. The number of rotatable bonds is 9. The van der Waals surface area contributed by atoms with E-state index in [0.717, 1.165) is 11.1 Å². The molecule has 0 bridgehead atoms. The van der Waals surface area contributed by atoms with Gasteiger partial charge in [-0.2, -0.15) is 0 Å². The molecule has 0 aromatic heterocycles. The molecule has 30 heavy (non-hydrogen) atoms. The van der Waals surface area contributed by atoms with Crippen LogP contribution in [0.4, 0.5) is 4.39 Å². The van der Waals surface area contributed by atoms with Crippen molar-refractivity contribution in [2.24, 2.45) is 5.92 Å². The van der Waals surface area contributed by atoms with Crippen molar-refractivity contribution in [2.45, 2.75) is 53.1 Å². The van der Waals surface area contributed by atoms with Gasteiger partial charge in [-0.3, -0.25) is 9.59 Å². The van der Waals surface area contributed by atoms with Crippen LogP contribution in [0.1, 0.15) is 43.9 Å². The van der Waals surface area contributed by atoms with Gasteiger partial charge in [0, 0.05) is 23.7 Å². The van der Waals surface area contributed by atoms with Crippen molar-refractivity contribution in [2.75, 3.05) is 6.54 Å². The zero-order valence-electron chi connectivity index (χ0n) is 18.0. The second-order valence-electron chi connectivity index (χ2n) is 7.95. The molecular formula is C24H30ClFN2O2. The normalized spacial score (nSPS) is 12.0. The molecule has 2 amide bonds. The lowest BCUT2D eigenvalue weighted by Gasteiger charge is -2.31. The first kappa shape index (κ1) is 23.9. The van der Waals surface area contributed by atoms with Gasteiger partial charge in [0.05, 0.1) is 6.42 Å². The van der Waals surface area contributed by atoms with Gasteiger partial charge in [0.25, 0.3) is 0 Å². The number of hydrogen-bond acceptors (Lipinski definition) is 2. The molecule has 1 N–H and O–H groups in total. The minimum absolute atomic E-state index is 0.149. The molecule has 0 saturated carbocycles. The highest BCUT2D eigenvalue weighted by Crippen LogP contribution is 2.22. The Morgan fingerprint density at radius 2 is 1.87 bits per heavy atom. The van der Waals surface area contributed by atoms with Crippen LogP contribution in [0.5, 0.6) is 0 Å². The van der Waals surface area contributed by atoms with Crippen molar-refractivity contribution >= 4 is 23.4 Å². The van der Waals surface area contributed by atoms with E-state index in [4.69, 9.17) is 11.6 Å². The molecule has 0 saturated heterocycles. The summed E-state index contributed by atoms with van der Waals surface area (Å²) in [5.41, 5.74) is 2.13. The average Bonchev–Trinajstić information content (AvgIpc) is 2.69. The molecule has 6 heteroatoms. The Balaban J connectivity index is 2.33. The lowest BCUT2D eigenvalue weighted by atomic mass is 10.0. The Hall–Kier alpha value is -2.40. The molecule has 0 aliphatic rings. The maximum absolute atomic E-state index is 14.3. The molecule has 4 nitrogen and oxygen atoms in total. The molecule has 1 atom stereocenters. The number of aryl methyl sites for hydroxylation is 1. The maximum atomic E-state index is 14.3. The van der Waals surface area contributed by atoms with E-state index in [2.05, 4.69) is 5.32 Å². The summed E-state index contributed by atoms with van der Waals surface area (Å²) >= 11 is 6.13. The van der Waals surface area contributed by atoms with E-state index in [0.29, 0.717) is 18.9 Å². The van der Waals surface area contributed by atoms with Gasteiger partial charge >= 0.3 is 0 Å². The maximum Gasteiger partial charge on any atom is 0.242 e. The smallest absolute Gasteiger partial charge is 0.242 e. The Labute approximate surface area is 183 Å². The van der Waals surface area contributed by atoms with Crippen LogP contribution in [-0.4, -0.2) is 29.3 Å². The standard InChI is InChI=1S/C24H30ClFN2O2/c1-5-22(24(30)27-14-16(2)3)28(15-18-9-6-8-17(4)12-18)23(29)13-19-20(25)10-7-11-21(19)26/h6-12,16,22H,5,13-15H2,1-4H3,(H,27,30)/t22-/m1/s1. The second kappa shape index (κ2) is 11.1. The molecule has 162 valence electrons. The molecule has 2 aromatic rings. The zero-order chi connectivity index (χ0) is 22.3. The van der Waals surface area contributed by atoms with Crippen molar-refractivity contribution < 1.29 is 14.0 Å². The molecule has 0 radical (unpaired) electrons. The predicted octanol–water partition coefficient (Wildman–Crippen LogP) is 4.91. The van der Waals surface area contributed by atoms with Crippen molar-refractivity contribution in [1.82, 2.24) is 10.2 Å². The number of carbonyl (C=O) groups is 2. The third-order valence-corrected chi connectivity index (χ3v) is 5.25. The van der Waals surface area contributed by atoms with E-state index < -0.39 is 11.9 Å². The number of benzene rings is 2. The van der Waals surface area contributed by atoms with Crippen LogP contribution in [0.2, 0.25) is 5.02 Å². The molecule has 0 fully saturated rings. The van der Waals surface area contributed by atoms with Crippen molar-refractivity contribution in [1.29, 1.82) is 0 Å². The van der Waals surface area contributed by atoms with Crippen LogP contribution in [-0.2, 0) is 22.6 Å². The largest absolute Gasteiger partial charge is 0.354 e. The number of nitrogens with one attached hydrogen (secondary N) is 1. The SMILES string of the molecule is CC[C@H](C(=O)NCC(C)C)N(Cc1cccc(C)c1)C(=O)Cc1c(F)cccc1Cl. The first-order chi connectivity index (χ1) is 14.2. The summed E-state index contributed by atoms with van der Waals surface area (Å²) in [7, 11) is 0. The van der Waals surface area contributed by atoms with E-state index in [1.165, 1.54) is 17.0 Å². The highest BCUT2D eigenvalue weighted by molar-refractivity contribution is 6.31. The van der Waals surface area contributed by atoms with E-state index in [-0.39, 0.29) is 35.4 Å². The summed E-state index contributed by atoms with van der Waals surface area (Å²) in [6, 6.07) is 11.5. The van der Waals surface area contributed by atoms with Gasteiger partial charge in [-0.1, -0.05) is 68.3 Å². The van der Waals surface area contributed by atoms with Crippen LogP contribution < -0.4 is 5.32 Å². The van der Waals surface area contributed by atoms with Gasteiger partial charge in [0.2, 0.25) is 11.8 Å². The molecule has 0 heterocycles. The average molecular weight is 433 g/mol. The topological polar surface area (TPSA) is 49.4 Å². The summed E-state index contributed by atoms with van der Waals surface area (Å²) in [5.74, 6) is -0.768. The Morgan fingerprint density at radius 1 is 1.17 bits per heavy atom. The Morgan fingerprint density at radius 3 is 2.47 bits per heavy atom. The van der Waals surface area contributed by atoms with E-state index in [9.17, 15) is 14.0 Å². The van der Waals surface area contributed by atoms with Gasteiger partial charge in [-0.15, -0.1) is 0 Å². The molecule has 0 aliphatic heterocycles. The van der Waals surface area contributed by atoms with Crippen LogP contribution in [0.15, 0.2) is 42.5 Å². The summed E-state index contributed by atoms with van der Waals surface area (Å²) in [4.78, 5) is 27.7. The minimum atomic E-state index is -0.651. The molecule has 0 spiro atoms. The number of carbonyl (C=O) groups excluding carboxylic acids is 2. The fourth-order valence-corrected chi connectivity index (χ4v) is 3.53. The zero-order valence-corrected chi connectivity index (χ0v) is 18.8. The third kappa shape index (κ3) is 6.56. The Bertz CT molecular complexity index is 865. The van der Waals surface area contributed by atoms with Crippen LogP contribution in [0.25, 0.3) is 0 Å². The quantitative estimate of drug-likeness (QED) is 0.612. The summed E-state index contributed by atoms with van der Waals surface area (Å²) in [6.45, 7) is 8.66. The molecule has 2 aromatic carbocycles. The highest BCUT2D eigenvalue weighted by atomic mass is 35.5. The van der Waals surface area contributed by atoms with Gasteiger partial charge in [-0.25, -0.2) is 4.39 Å². The van der Waals surface area contributed by atoms with Gasteiger partial charge in [-0.05, 0) is 37.0 Å². The van der Waals surface area contributed by atoms with Crippen molar-refractivity contribution in [3.63, 3.8) is 0 Å². The summed E-state index contributed by atoms with van der Waals surface area (Å²) in [6.07, 6.45) is 0.248. The summed E-state index contributed by atoms with van der Waals surface area (Å²) < 4.78 is 14.3. The van der Waals surface area contributed by atoms with Gasteiger partial charge in [0.1, 0.15) is 11.9 Å². The van der Waals surface area contributed by atoms with Crippen molar-refractivity contribution in [3.8, 4) is 0 Å². The lowest BCUT2D eigenvalue weighted by molar-refractivity contribution is -0.141. The molecule has 0 unspecified atom stereocenters. The van der Waals surface area contributed by atoms with Crippen LogP contribution in [0.3, 0.4) is 0 Å². The number of halogens is 2. The first-order valence-corrected chi connectivity index (χ1v) is 10.7. The van der Waals surface area contributed by atoms with Crippen LogP contribution in [0, 0.1) is 18.7 Å². The van der Waals surface area contributed by atoms with E-state index >= 15 is 0 Å². The number of amides is 2. The fourth-order valence-electron chi connectivity index (χ4n) is 3.30. The lowest BCUT2D eigenvalue weighted by Crippen LogP contribution is -2.50. The minimum Gasteiger partial charge on any atom is -0.354 e. The predicted molar refractivity (Wildman–Crippen MR) is 119 cm³/mol. The number of nitrogens with zero attached hydrogens (tertiary/aromatic N) is 1. The third-order valence-electron chi connectivity index (χ3n) is 4.90. The van der Waals surface area contributed by atoms with E-state index in [1.807, 2.05) is 52.0 Å². The molecule has 2 rings (SSSR count). The van der Waals surface area contributed by atoms with Gasteiger partial charge in [0.15, 0.2) is 0 Å². The van der Waals surface area contributed by atoms with Crippen LogP contribution >= 0.6 is 11.6 Å². The first-order valence-electron chi connectivity index (χ1n) is 10.3. The monoisotopic (exact) mass is 432 g/mol. The highest BCUT2D eigenvalue weighted by Gasteiger charge is 2.29. The summed E-state index contributed by atoms with van der Waals surface area (Å²) in [5, 5.41) is 3.12. The molecular weight excluding hydrogens is 403 g/mol.